The predicted octanol–water partition coefficient (Wildman–Crippen LogP) is 3.38. The normalized spacial score (nSPS) is 17.5. The second-order valence-corrected chi connectivity index (χ2v) is 5.94. The van der Waals surface area contributed by atoms with Gasteiger partial charge in [-0.1, -0.05) is 12.0 Å². The van der Waals surface area contributed by atoms with E-state index >= 15 is 0 Å². The van der Waals surface area contributed by atoms with Crippen LogP contribution in [0.2, 0.25) is 0 Å². The zero-order valence-electron chi connectivity index (χ0n) is 13.1. The van der Waals surface area contributed by atoms with Crippen molar-refractivity contribution in [3.8, 4) is 23.8 Å². The van der Waals surface area contributed by atoms with Crippen molar-refractivity contribution in [2.75, 3.05) is 7.11 Å². The van der Waals surface area contributed by atoms with Crippen molar-refractivity contribution >= 4 is 5.97 Å². The lowest BCUT2D eigenvalue weighted by Gasteiger charge is -2.24. The monoisotopic (exact) mass is 302 g/mol. The zero-order chi connectivity index (χ0) is 16.2. The minimum atomic E-state index is -0.922. The Morgan fingerprint density at radius 1 is 1.41 bits per heavy atom. The summed E-state index contributed by atoms with van der Waals surface area (Å²) in [4.78, 5) is 11.1. The Hall–Kier alpha value is -2.15. The molecule has 4 heteroatoms. The summed E-state index contributed by atoms with van der Waals surface area (Å²) in [6.07, 6.45) is 10.1. The molecule has 1 aliphatic rings. The molecule has 1 fully saturated rings. The van der Waals surface area contributed by atoms with Gasteiger partial charge in [0.05, 0.1) is 25.0 Å². The predicted molar refractivity (Wildman–Crippen MR) is 84.3 cm³/mol. The van der Waals surface area contributed by atoms with Gasteiger partial charge in [-0.05, 0) is 50.3 Å². The van der Waals surface area contributed by atoms with Crippen LogP contribution < -0.4 is 9.47 Å². The topological polar surface area (TPSA) is 55.8 Å². The van der Waals surface area contributed by atoms with E-state index in [0.717, 1.165) is 18.4 Å². The summed E-state index contributed by atoms with van der Waals surface area (Å²) < 4.78 is 11.4. The van der Waals surface area contributed by atoms with Crippen LogP contribution in [0.3, 0.4) is 0 Å². The van der Waals surface area contributed by atoms with Gasteiger partial charge in [0.25, 0.3) is 0 Å². The molecule has 0 radical (unpaired) electrons. The largest absolute Gasteiger partial charge is 0.493 e. The van der Waals surface area contributed by atoms with Gasteiger partial charge in [0.15, 0.2) is 11.5 Å². The summed E-state index contributed by atoms with van der Waals surface area (Å²) in [6.45, 7) is 1.75. The Morgan fingerprint density at radius 2 is 2.09 bits per heavy atom. The van der Waals surface area contributed by atoms with Gasteiger partial charge in [-0.3, -0.25) is 4.79 Å². The molecule has 2 rings (SSSR count). The van der Waals surface area contributed by atoms with Gasteiger partial charge in [-0.15, -0.1) is 6.42 Å². The van der Waals surface area contributed by atoms with E-state index in [1.807, 2.05) is 12.1 Å². The number of ether oxygens (including phenoxy) is 2. The van der Waals surface area contributed by atoms with E-state index in [-0.39, 0.29) is 12.5 Å². The van der Waals surface area contributed by atoms with E-state index in [1.54, 1.807) is 20.1 Å². The Morgan fingerprint density at radius 3 is 2.64 bits per heavy atom. The van der Waals surface area contributed by atoms with Crippen molar-refractivity contribution in [3.63, 3.8) is 0 Å². The number of carbonyl (C=O) groups is 1. The summed E-state index contributed by atoms with van der Waals surface area (Å²) in [6, 6.07) is 5.42. The highest BCUT2D eigenvalue weighted by Gasteiger charge is 2.29. The first-order valence-corrected chi connectivity index (χ1v) is 7.53. The lowest BCUT2D eigenvalue weighted by atomic mass is 9.80. The van der Waals surface area contributed by atoms with E-state index < -0.39 is 11.4 Å². The molecule has 0 aliphatic heterocycles. The van der Waals surface area contributed by atoms with Crippen LogP contribution in [0.1, 0.15) is 44.6 Å². The average Bonchev–Trinajstić information content (AvgIpc) is 2.99. The molecule has 1 aromatic rings. The summed E-state index contributed by atoms with van der Waals surface area (Å²) in [7, 11) is 1.59. The van der Waals surface area contributed by atoms with Crippen molar-refractivity contribution in [3.05, 3.63) is 23.8 Å². The molecule has 0 bridgehead atoms. The molecule has 22 heavy (non-hydrogen) atoms. The third-order valence-electron chi connectivity index (χ3n) is 4.22. The molecule has 118 valence electrons. The maximum Gasteiger partial charge on any atom is 0.305 e. The van der Waals surface area contributed by atoms with E-state index in [2.05, 4.69) is 5.92 Å². The van der Waals surface area contributed by atoms with Crippen LogP contribution in [0.4, 0.5) is 0 Å². The first-order valence-electron chi connectivity index (χ1n) is 7.53. The highest BCUT2D eigenvalue weighted by Crippen LogP contribution is 2.37. The molecule has 0 aromatic heterocycles. The average molecular weight is 302 g/mol. The van der Waals surface area contributed by atoms with Crippen molar-refractivity contribution in [2.24, 2.45) is 0 Å². The zero-order valence-corrected chi connectivity index (χ0v) is 13.1. The molecule has 1 aromatic carbocycles. The maximum atomic E-state index is 11.1. The Labute approximate surface area is 131 Å². The van der Waals surface area contributed by atoms with Crippen LogP contribution in [-0.2, 0) is 10.2 Å². The summed E-state index contributed by atoms with van der Waals surface area (Å²) in [5, 5.41) is 9.09. The smallest absolute Gasteiger partial charge is 0.305 e. The van der Waals surface area contributed by atoms with Gasteiger partial charge in [-0.25, -0.2) is 0 Å². The molecule has 0 saturated heterocycles. The van der Waals surface area contributed by atoms with Crippen LogP contribution in [0, 0.1) is 12.3 Å². The fourth-order valence-corrected chi connectivity index (χ4v) is 2.84. The lowest BCUT2D eigenvalue weighted by Crippen LogP contribution is -2.24. The minimum Gasteiger partial charge on any atom is -0.493 e. The first kappa shape index (κ1) is 16.2. The second-order valence-electron chi connectivity index (χ2n) is 5.94. The highest BCUT2D eigenvalue weighted by atomic mass is 16.5. The molecule has 1 saturated carbocycles. The molecule has 0 heterocycles. The third-order valence-corrected chi connectivity index (χ3v) is 4.22. The van der Waals surface area contributed by atoms with Gasteiger partial charge >= 0.3 is 5.97 Å². The molecular formula is C18H22O4. The summed E-state index contributed by atoms with van der Waals surface area (Å²) >= 11 is 0. The summed E-state index contributed by atoms with van der Waals surface area (Å²) in [5.74, 6) is 2.97. The van der Waals surface area contributed by atoms with Gasteiger partial charge in [0.1, 0.15) is 0 Å². The third kappa shape index (κ3) is 3.54. The maximum absolute atomic E-state index is 11.1. The molecule has 0 spiro atoms. The van der Waals surface area contributed by atoms with Crippen LogP contribution in [0.5, 0.6) is 11.5 Å². The summed E-state index contributed by atoms with van der Waals surface area (Å²) in [5.41, 5.74) is -0.113. The van der Waals surface area contributed by atoms with Crippen LogP contribution >= 0.6 is 0 Å². The molecule has 0 unspecified atom stereocenters. The number of carboxylic acids is 1. The molecule has 0 amide bonds. The number of benzene rings is 1. The SMILES string of the molecule is C#C[C@@](C)(CC(=O)O)c1ccc(OC)c(OC2CCCC2)c1. The Kier molecular flexibility index (Phi) is 4.97. The van der Waals surface area contributed by atoms with E-state index in [9.17, 15) is 4.79 Å². The second kappa shape index (κ2) is 6.74. The van der Waals surface area contributed by atoms with Gasteiger partial charge in [-0.2, -0.15) is 0 Å². The van der Waals surface area contributed by atoms with E-state index in [0.29, 0.717) is 11.5 Å². The fourth-order valence-electron chi connectivity index (χ4n) is 2.84. The number of hydrogen-bond acceptors (Lipinski definition) is 3. The van der Waals surface area contributed by atoms with Crippen molar-refractivity contribution in [1.82, 2.24) is 0 Å². The standard InChI is InChI=1S/C18H22O4/c1-4-18(2,12-17(19)20)13-9-10-15(21-3)16(11-13)22-14-7-5-6-8-14/h1,9-11,14H,5-8,12H2,2-3H3,(H,19,20)/t18-/m0/s1. The molecular weight excluding hydrogens is 280 g/mol. The Balaban J connectivity index is 2.32. The number of rotatable bonds is 6. The number of aliphatic carboxylic acids is 1. The van der Waals surface area contributed by atoms with Crippen molar-refractivity contribution in [1.29, 1.82) is 0 Å². The van der Waals surface area contributed by atoms with E-state index in [4.69, 9.17) is 21.0 Å². The molecule has 1 N–H and O–H groups in total. The van der Waals surface area contributed by atoms with E-state index in [1.165, 1.54) is 12.8 Å². The molecule has 1 atom stereocenters. The number of methoxy groups -OCH3 is 1. The number of carboxylic acid groups (broad SMARTS) is 1. The van der Waals surface area contributed by atoms with Crippen LogP contribution in [-0.4, -0.2) is 24.3 Å². The Bertz CT molecular complexity index is 581. The van der Waals surface area contributed by atoms with Gasteiger partial charge in [0.2, 0.25) is 0 Å². The minimum absolute atomic E-state index is 0.126. The van der Waals surface area contributed by atoms with Gasteiger partial charge in [0, 0.05) is 0 Å². The molecule has 4 nitrogen and oxygen atoms in total. The molecule has 1 aliphatic carbocycles. The van der Waals surface area contributed by atoms with Crippen molar-refractivity contribution in [2.45, 2.75) is 50.5 Å². The number of hydrogen-bond donors (Lipinski definition) is 1. The number of terminal acetylenes is 1. The van der Waals surface area contributed by atoms with Gasteiger partial charge < -0.3 is 14.6 Å². The first-order chi connectivity index (χ1) is 10.5. The quantitative estimate of drug-likeness (QED) is 0.818. The highest BCUT2D eigenvalue weighted by molar-refractivity contribution is 5.70. The van der Waals surface area contributed by atoms with Crippen LogP contribution in [0.25, 0.3) is 0 Å². The van der Waals surface area contributed by atoms with Crippen LogP contribution in [0.15, 0.2) is 18.2 Å². The fraction of sp³-hybridized carbons (Fsp3) is 0.500. The lowest BCUT2D eigenvalue weighted by molar-refractivity contribution is -0.137. The van der Waals surface area contributed by atoms with Crippen molar-refractivity contribution < 1.29 is 19.4 Å².